The highest BCUT2D eigenvalue weighted by Crippen LogP contribution is 2.09. The first-order chi connectivity index (χ1) is 10.0. The van der Waals surface area contributed by atoms with Gasteiger partial charge in [-0.3, -0.25) is 0 Å². The molecule has 0 fully saturated rings. The zero-order chi connectivity index (χ0) is 16.0. The lowest BCUT2D eigenvalue weighted by Gasteiger charge is -2.10. The van der Waals surface area contributed by atoms with Gasteiger partial charge < -0.3 is 0 Å². The highest BCUT2D eigenvalue weighted by atomic mass is 32.2. The molecule has 1 unspecified atom stereocenters. The summed E-state index contributed by atoms with van der Waals surface area (Å²) in [5.74, 6) is 0. The fourth-order valence-corrected chi connectivity index (χ4v) is 2.73. The Kier molecular flexibility index (Phi) is 13.0. The number of rotatable bonds is 14. The summed E-state index contributed by atoms with van der Waals surface area (Å²) >= 11 is 0. The first-order valence-corrected chi connectivity index (χ1v) is 10.00. The first kappa shape index (κ1) is 20.6. The van der Waals surface area contributed by atoms with E-state index in [1.165, 1.54) is 50.4 Å². The van der Waals surface area contributed by atoms with E-state index >= 15 is 0 Å². The molecule has 4 nitrogen and oxygen atoms in total. The van der Waals surface area contributed by atoms with Crippen molar-refractivity contribution in [1.29, 1.82) is 0 Å². The maximum atomic E-state index is 11.6. The molecule has 0 saturated heterocycles. The van der Waals surface area contributed by atoms with Crippen LogP contribution < -0.4 is 10.3 Å². The van der Waals surface area contributed by atoms with Crippen molar-refractivity contribution in [3.8, 4) is 0 Å². The van der Waals surface area contributed by atoms with Gasteiger partial charge >= 0.3 is 0 Å². The summed E-state index contributed by atoms with van der Waals surface area (Å²) < 4.78 is 23.3. The van der Waals surface area contributed by atoms with Crippen LogP contribution in [0.15, 0.2) is 11.5 Å². The molecule has 0 rings (SSSR count). The molecule has 0 aromatic carbocycles. The van der Waals surface area contributed by atoms with Crippen molar-refractivity contribution < 1.29 is 8.42 Å². The van der Waals surface area contributed by atoms with Crippen LogP contribution in [0, 0.1) is 0 Å². The van der Waals surface area contributed by atoms with Gasteiger partial charge in [0, 0.05) is 11.4 Å². The van der Waals surface area contributed by atoms with Gasteiger partial charge in [-0.1, -0.05) is 64.9 Å². The Morgan fingerprint density at radius 1 is 0.952 bits per heavy atom. The summed E-state index contributed by atoms with van der Waals surface area (Å²) in [7, 11) is -3.34. The van der Waals surface area contributed by atoms with Crippen LogP contribution in [0.25, 0.3) is 0 Å². The molecule has 0 aromatic rings. The third-order valence-corrected chi connectivity index (χ3v) is 4.51. The molecule has 1 atom stereocenters. The second kappa shape index (κ2) is 13.3. The van der Waals surface area contributed by atoms with Gasteiger partial charge in [-0.25, -0.2) is 13.8 Å². The van der Waals surface area contributed by atoms with E-state index in [1.54, 1.807) is 6.08 Å². The van der Waals surface area contributed by atoms with E-state index in [0.717, 1.165) is 19.3 Å². The lowest BCUT2D eigenvalue weighted by atomic mass is 10.1. The van der Waals surface area contributed by atoms with E-state index in [1.807, 2.05) is 13.8 Å². The lowest BCUT2D eigenvalue weighted by Crippen LogP contribution is -2.41. The molecule has 0 aromatic heterocycles. The molecule has 2 N–H and O–H groups in total. The maximum Gasteiger partial charge on any atom is 0.246 e. The topological polar surface area (TPSA) is 58.2 Å². The van der Waals surface area contributed by atoms with Crippen LogP contribution >= 0.6 is 0 Å². The molecule has 0 saturated carbocycles. The van der Waals surface area contributed by atoms with Crippen molar-refractivity contribution in [3.05, 3.63) is 11.5 Å². The number of hydrazine groups is 1. The SMILES string of the molecule is CCCCCCCCCCC=CS(=O)(=O)NNC(C)CC. The van der Waals surface area contributed by atoms with Gasteiger partial charge in [0.25, 0.3) is 0 Å². The first-order valence-electron chi connectivity index (χ1n) is 8.45. The predicted molar refractivity (Wildman–Crippen MR) is 91.3 cm³/mol. The molecular formula is C16H34N2O2S. The smallest absolute Gasteiger partial charge is 0.241 e. The van der Waals surface area contributed by atoms with Crippen molar-refractivity contribution in [2.75, 3.05) is 0 Å². The largest absolute Gasteiger partial charge is 0.246 e. The summed E-state index contributed by atoms with van der Waals surface area (Å²) in [4.78, 5) is 2.38. The van der Waals surface area contributed by atoms with E-state index in [9.17, 15) is 8.42 Å². The second-order valence-corrected chi connectivity index (χ2v) is 7.30. The van der Waals surface area contributed by atoms with E-state index in [0.29, 0.717) is 0 Å². The Morgan fingerprint density at radius 2 is 1.52 bits per heavy atom. The Bertz CT molecular complexity index is 353. The number of unbranched alkanes of at least 4 members (excludes halogenated alkanes) is 8. The van der Waals surface area contributed by atoms with Crippen molar-refractivity contribution >= 4 is 10.0 Å². The Labute approximate surface area is 131 Å². The molecule has 0 aliphatic heterocycles. The molecule has 0 radical (unpaired) electrons. The van der Waals surface area contributed by atoms with Crippen LogP contribution in [0.5, 0.6) is 0 Å². The van der Waals surface area contributed by atoms with Crippen LogP contribution in [-0.2, 0) is 10.0 Å². The molecule has 0 aliphatic rings. The minimum Gasteiger partial charge on any atom is -0.241 e. The average Bonchev–Trinajstić information content (AvgIpc) is 2.46. The molecule has 21 heavy (non-hydrogen) atoms. The Hall–Kier alpha value is -0.390. The van der Waals surface area contributed by atoms with Crippen molar-refractivity contribution in [3.63, 3.8) is 0 Å². The number of hydrogen-bond acceptors (Lipinski definition) is 3. The minimum absolute atomic E-state index is 0.140. The highest BCUT2D eigenvalue weighted by molar-refractivity contribution is 7.92. The molecule has 0 spiro atoms. The third-order valence-electron chi connectivity index (χ3n) is 3.56. The van der Waals surface area contributed by atoms with Crippen molar-refractivity contribution in [2.45, 2.75) is 91.0 Å². The maximum absolute atomic E-state index is 11.6. The summed E-state index contributed by atoms with van der Waals surface area (Å²) in [6, 6.07) is 0.140. The standard InChI is InChI=1S/C16H34N2O2S/c1-4-6-7-8-9-10-11-12-13-14-15-21(19,20)18-17-16(3)5-2/h14-18H,4-13H2,1-3H3. The third kappa shape index (κ3) is 14.3. The molecule has 0 amide bonds. The van der Waals surface area contributed by atoms with E-state index in [2.05, 4.69) is 17.2 Å². The summed E-state index contributed by atoms with van der Waals surface area (Å²) in [6.45, 7) is 6.17. The predicted octanol–water partition coefficient (Wildman–Crippen LogP) is 4.25. The fraction of sp³-hybridized carbons (Fsp3) is 0.875. The zero-order valence-corrected chi connectivity index (χ0v) is 14.8. The van der Waals surface area contributed by atoms with E-state index in [4.69, 9.17) is 0 Å². The second-order valence-electron chi connectivity index (χ2n) is 5.74. The highest BCUT2D eigenvalue weighted by Gasteiger charge is 2.05. The van der Waals surface area contributed by atoms with E-state index in [-0.39, 0.29) is 6.04 Å². The number of hydrogen-bond donors (Lipinski definition) is 2. The number of nitrogens with one attached hydrogen (secondary N) is 2. The summed E-state index contributed by atoms with van der Waals surface area (Å²) in [6.07, 6.45) is 13.6. The molecule has 126 valence electrons. The quantitative estimate of drug-likeness (QED) is 0.372. The van der Waals surface area contributed by atoms with Crippen LogP contribution in [0.3, 0.4) is 0 Å². The van der Waals surface area contributed by atoms with Crippen LogP contribution in [0.2, 0.25) is 0 Å². The normalized spacial score (nSPS) is 13.9. The summed E-state index contributed by atoms with van der Waals surface area (Å²) in [5.41, 5.74) is 2.77. The Balaban J connectivity index is 3.57. The van der Waals surface area contributed by atoms with Crippen molar-refractivity contribution in [1.82, 2.24) is 10.3 Å². The monoisotopic (exact) mass is 318 g/mol. The number of allylic oxidation sites excluding steroid dienone is 1. The van der Waals surface area contributed by atoms with Gasteiger partial charge in [0.15, 0.2) is 0 Å². The van der Waals surface area contributed by atoms with Gasteiger partial charge in [-0.2, -0.15) is 0 Å². The van der Waals surface area contributed by atoms with Gasteiger partial charge in [0.2, 0.25) is 10.0 Å². The van der Waals surface area contributed by atoms with Crippen LogP contribution in [0.4, 0.5) is 0 Å². The zero-order valence-electron chi connectivity index (χ0n) is 14.0. The molecule has 0 bridgehead atoms. The molecular weight excluding hydrogens is 284 g/mol. The van der Waals surface area contributed by atoms with Crippen molar-refractivity contribution in [2.24, 2.45) is 0 Å². The summed E-state index contributed by atoms with van der Waals surface area (Å²) in [5, 5.41) is 1.27. The number of sulfonamides is 1. The van der Waals surface area contributed by atoms with Gasteiger partial charge in [-0.05, 0) is 26.2 Å². The van der Waals surface area contributed by atoms with E-state index < -0.39 is 10.0 Å². The van der Waals surface area contributed by atoms with Gasteiger partial charge in [-0.15, -0.1) is 4.83 Å². The average molecular weight is 319 g/mol. The van der Waals surface area contributed by atoms with Gasteiger partial charge in [0.05, 0.1) is 0 Å². The molecule has 0 heterocycles. The lowest BCUT2D eigenvalue weighted by molar-refractivity contribution is 0.497. The van der Waals surface area contributed by atoms with Crippen LogP contribution in [0.1, 0.15) is 85.0 Å². The van der Waals surface area contributed by atoms with Crippen LogP contribution in [-0.4, -0.2) is 14.5 Å². The fourth-order valence-electron chi connectivity index (χ4n) is 1.91. The molecule has 5 heteroatoms. The van der Waals surface area contributed by atoms with Gasteiger partial charge in [0.1, 0.15) is 0 Å². The minimum atomic E-state index is -3.34. The Morgan fingerprint density at radius 3 is 2.10 bits per heavy atom. The molecule has 0 aliphatic carbocycles.